The highest BCUT2D eigenvalue weighted by Gasteiger charge is 2.26. The largest absolute Gasteiger partial charge is 0.462 e. The second kappa shape index (κ2) is 8.57. The Labute approximate surface area is 182 Å². The molecule has 0 aliphatic carbocycles. The number of rotatable bonds is 5. The van der Waals surface area contributed by atoms with Gasteiger partial charge in [-0.15, -0.1) is 11.3 Å². The molecule has 6 nitrogen and oxygen atoms in total. The molecule has 4 aromatic rings. The van der Waals surface area contributed by atoms with Crippen LogP contribution in [0.15, 0.2) is 69.9 Å². The maximum absolute atomic E-state index is 13.0. The molecule has 1 N–H and O–H groups in total. The number of para-hydroxylation sites is 1. The number of amides is 1. The monoisotopic (exact) mass is 433 g/mol. The Morgan fingerprint density at radius 2 is 1.77 bits per heavy atom. The first-order valence-corrected chi connectivity index (χ1v) is 10.5. The quantitative estimate of drug-likeness (QED) is 0.343. The molecular weight excluding hydrogens is 414 g/mol. The van der Waals surface area contributed by atoms with Gasteiger partial charge in [0.15, 0.2) is 0 Å². The number of esters is 1. The third-order valence-electron chi connectivity index (χ3n) is 4.74. The lowest BCUT2D eigenvalue weighted by Crippen LogP contribution is -2.21. The normalized spacial score (nSPS) is 10.8. The first-order chi connectivity index (χ1) is 15.0. The molecule has 2 aromatic carbocycles. The van der Waals surface area contributed by atoms with E-state index in [9.17, 15) is 14.4 Å². The molecule has 156 valence electrons. The molecule has 0 aliphatic heterocycles. The van der Waals surface area contributed by atoms with Crippen molar-refractivity contribution in [3.63, 3.8) is 0 Å². The smallest absolute Gasteiger partial charge is 0.349 e. The zero-order chi connectivity index (χ0) is 22.0. The van der Waals surface area contributed by atoms with E-state index in [-0.39, 0.29) is 17.7 Å². The minimum Gasteiger partial charge on any atom is -0.462 e. The van der Waals surface area contributed by atoms with E-state index in [1.54, 1.807) is 31.2 Å². The second-order valence-corrected chi connectivity index (χ2v) is 7.99. The van der Waals surface area contributed by atoms with Crippen molar-refractivity contribution < 1.29 is 18.7 Å². The van der Waals surface area contributed by atoms with Crippen LogP contribution in [0.5, 0.6) is 0 Å². The standard InChI is InChI=1S/C24H19NO5S/c1-3-29-24(28)20-19(15-9-5-4-6-10-15)14(2)31-22(20)25-21(26)17-13-16-11-7-8-12-18(16)30-23(17)27/h4-13H,3H2,1-2H3,(H,25,26). The molecule has 0 radical (unpaired) electrons. The summed E-state index contributed by atoms with van der Waals surface area (Å²) in [5, 5.41) is 3.68. The first-order valence-electron chi connectivity index (χ1n) is 9.69. The van der Waals surface area contributed by atoms with Crippen LogP contribution in [0, 0.1) is 6.92 Å². The van der Waals surface area contributed by atoms with Crippen LogP contribution in [0.2, 0.25) is 0 Å². The number of hydrogen-bond donors (Lipinski definition) is 1. The predicted octanol–water partition coefficient (Wildman–Crippen LogP) is 5.26. The van der Waals surface area contributed by atoms with Gasteiger partial charge in [0.25, 0.3) is 5.91 Å². The van der Waals surface area contributed by atoms with Crippen molar-refractivity contribution in [2.24, 2.45) is 0 Å². The summed E-state index contributed by atoms with van der Waals surface area (Å²) in [7, 11) is 0. The van der Waals surface area contributed by atoms with Crippen molar-refractivity contribution in [2.75, 3.05) is 11.9 Å². The Balaban J connectivity index is 1.78. The van der Waals surface area contributed by atoms with Gasteiger partial charge in [-0.25, -0.2) is 9.59 Å². The van der Waals surface area contributed by atoms with Gasteiger partial charge in [0.05, 0.1) is 6.61 Å². The fourth-order valence-electron chi connectivity index (χ4n) is 3.37. The van der Waals surface area contributed by atoms with Crippen LogP contribution >= 0.6 is 11.3 Å². The molecule has 4 rings (SSSR count). The van der Waals surface area contributed by atoms with Crippen LogP contribution in [0.25, 0.3) is 22.1 Å². The predicted molar refractivity (Wildman–Crippen MR) is 121 cm³/mol. The summed E-state index contributed by atoms with van der Waals surface area (Å²) in [5.74, 6) is -1.18. The molecule has 0 aliphatic rings. The number of benzene rings is 2. The number of ether oxygens (including phenoxy) is 1. The van der Waals surface area contributed by atoms with E-state index in [4.69, 9.17) is 9.15 Å². The van der Waals surface area contributed by atoms with Crippen molar-refractivity contribution in [3.8, 4) is 11.1 Å². The molecule has 7 heteroatoms. The number of thiophene rings is 1. The van der Waals surface area contributed by atoms with Crippen LogP contribution in [-0.4, -0.2) is 18.5 Å². The Kier molecular flexibility index (Phi) is 5.68. The SMILES string of the molecule is CCOC(=O)c1c(NC(=O)c2cc3ccccc3oc2=O)sc(C)c1-c1ccccc1. The molecule has 0 bridgehead atoms. The number of aryl methyl sites for hydroxylation is 1. The van der Waals surface area contributed by atoms with Crippen molar-refractivity contribution in [2.45, 2.75) is 13.8 Å². The van der Waals surface area contributed by atoms with Crippen molar-refractivity contribution in [1.29, 1.82) is 0 Å². The van der Waals surface area contributed by atoms with Gasteiger partial charge in [-0.2, -0.15) is 0 Å². The van der Waals surface area contributed by atoms with E-state index in [2.05, 4.69) is 5.32 Å². The summed E-state index contributed by atoms with van der Waals surface area (Å²) in [5.41, 5.74) is 1.32. The van der Waals surface area contributed by atoms with Crippen LogP contribution in [0.4, 0.5) is 5.00 Å². The second-order valence-electron chi connectivity index (χ2n) is 6.76. The zero-order valence-corrected chi connectivity index (χ0v) is 17.7. The van der Waals surface area contributed by atoms with Gasteiger partial charge in [0, 0.05) is 15.8 Å². The average Bonchev–Trinajstić information content (AvgIpc) is 3.09. The fraction of sp³-hybridized carbons (Fsp3) is 0.125. The third kappa shape index (κ3) is 4.00. The summed E-state index contributed by atoms with van der Waals surface area (Å²) in [4.78, 5) is 38.9. The molecule has 0 saturated heterocycles. The number of carbonyl (C=O) groups excluding carboxylic acids is 2. The highest BCUT2D eigenvalue weighted by atomic mass is 32.1. The highest BCUT2D eigenvalue weighted by Crippen LogP contribution is 2.40. The van der Waals surface area contributed by atoms with Crippen molar-refractivity contribution in [3.05, 3.63) is 87.1 Å². The lowest BCUT2D eigenvalue weighted by molar-refractivity contribution is 0.0529. The minimum atomic E-state index is -0.745. The summed E-state index contributed by atoms with van der Waals surface area (Å²) in [6.45, 7) is 3.79. The summed E-state index contributed by atoms with van der Waals surface area (Å²) in [6, 6.07) is 17.8. The fourth-order valence-corrected chi connectivity index (χ4v) is 4.43. The Morgan fingerprint density at radius 3 is 2.52 bits per heavy atom. The van der Waals surface area contributed by atoms with E-state index in [0.29, 0.717) is 21.5 Å². The summed E-state index contributed by atoms with van der Waals surface area (Å²) < 4.78 is 10.5. The Hall–Kier alpha value is -3.71. The van der Waals surface area contributed by atoms with E-state index >= 15 is 0 Å². The molecule has 0 fully saturated rings. The zero-order valence-electron chi connectivity index (χ0n) is 16.9. The molecular formula is C24H19NO5S. The van der Waals surface area contributed by atoms with Gasteiger partial charge >= 0.3 is 11.6 Å². The van der Waals surface area contributed by atoms with E-state index in [1.807, 2.05) is 37.3 Å². The van der Waals surface area contributed by atoms with Crippen LogP contribution in [-0.2, 0) is 4.74 Å². The van der Waals surface area contributed by atoms with Gasteiger partial charge in [-0.05, 0) is 31.5 Å². The average molecular weight is 433 g/mol. The molecule has 0 spiro atoms. The molecule has 1 amide bonds. The molecule has 0 atom stereocenters. The number of carbonyl (C=O) groups is 2. The van der Waals surface area contributed by atoms with Crippen LogP contribution in [0.3, 0.4) is 0 Å². The van der Waals surface area contributed by atoms with E-state index < -0.39 is 17.5 Å². The number of hydrogen-bond acceptors (Lipinski definition) is 6. The number of nitrogens with one attached hydrogen (secondary N) is 1. The highest BCUT2D eigenvalue weighted by molar-refractivity contribution is 7.17. The lowest BCUT2D eigenvalue weighted by atomic mass is 10.0. The molecule has 2 aromatic heterocycles. The minimum absolute atomic E-state index is 0.138. The Morgan fingerprint density at radius 1 is 1.06 bits per heavy atom. The van der Waals surface area contributed by atoms with E-state index in [1.165, 1.54) is 17.4 Å². The number of anilines is 1. The summed E-state index contributed by atoms with van der Waals surface area (Å²) in [6.07, 6.45) is 0. The molecule has 2 heterocycles. The lowest BCUT2D eigenvalue weighted by Gasteiger charge is -2.09. The summed E-state index contributed by atoms with van der Waals surface area (Å²) >= 11 is 1.26. The van der Waals surface area contributed by atoms with Gasteiger partial charge in [0.2, 0.25) is 0 Å². The topological polar surface area (TPSA) is 85.6 Å². The number of fused-ring (bicyclic) bond motifs is 1. The van der Waals surface area contributed by atoms with Crippen molar-refractivity contribution >= 4 is 39.2 Å². The van der Waals surface area contributed by atoms with E-state index in [0.717, 1.165) is 10.4 Å². The van der Waals surface area contributed by atoms with Gasteiger partial charge in [-0.1, -0.05) is 48.5 Å². The van der Waals surface area contributed by atoms with Gasteiger partial charge < -0.3 is 14.5 Å². The maximum Gasteiger partial charge on any atom is 0.349 e. The Bertz CT molecular complexity index is 1340. The van der Waals surface area contributed by atoms with Gasteiger partial charge in [0.1, 0.15) is 21.7 Å². The maximum atomic E-state index is 13.0. The van der Waals surface area contributed by atoms with Crippen LogP contribution in [0.1, 0.15) is 32.5 Å². The van der Waals surface area contributed by atoms with Crippen molar-refractivity contribution in [1.82, 2.24) is 0 Å². The molecule has 0 saturated carbocycles. The molecule has 31 heavy (non-hydrogen) atoms. The first kappa shape index (κ1) is 20.6. The van der Waals surface area contributed by atoms with Gasteiger partial charge in [-0.3, -0.25) is 4.79 Å². The molecule has 0 unspecified atom stereocenters. The third-order valence-corrected chi connectivity index (χ3v) is 5.76. The van der Waals surface area contributed by atoms with Crippen LogP contribution < -0.4 is 10.9 Å².